The number of hydrogen-bond acceptors (Lipinski definition) is 8. The summed E-state index contributed by atoms with van der Waals surface area (Å²) in [6.07, 6.45) is 34.9. The molecule has 0 saturated heterocycles. The van der Waals surface area contributed by atoms with Gasteiger partial charge >= 0.3 is 11.9 Å². The van der Waals surface area contributed by atoms with E-state index in [1.165, 1.54) is 96.3 Å². The molecule has 0 aromatic heterocycles. The lowest BCUT2D eigenvalue weighted by molar-refractivity contribution is -0.870. The second-order valence-corrected chi connectivity index (χ2v) is 15.6. The molecule has 0 radical (unpaired) electrons. The first-order chi connectivity index (χ1) is 25.6. The van der Waals surface area contributed by atoms with Gasteiger partial charge in [-0.1, -0.05) is 147 Å². The van der Waals surface area contributed by atoms with Gasteiger partial charge in [-0.25, -0.2) is 0 Å². The van der Waals surface area contributed by atoms with Crippen molar-refractivity contribution in [3.05, 3.63) is 24.3 Å². The number of carbonyl (C=O) groups is 3. The Balaban J connectivity index is 4.44. The van der Waals surface area contributed by atoms with Gasteiger partial charge in [-0.2, -0.15) is 0 Å². The topological polar surface area (TPSA) is 111 Å². The Bertz CT molecular complexity index is 929. The molecule has 0 aliphatic heterocycles. The Kier molecular flexibility index (Phi) is 35.2. The molecule has 0 amide bonds. The van der Waals surface area contributed by atoms with Gasteiger partial charge in [0.2, 0.25) is 0 Å². The lowest BCUT2D eigenvalue weighted by Gasteiger charge is -2.26. The zero-order valence-corrected chi connectivity index (χ0v) is 34.9. The number of allylic oxidation sites excluding steroid dienone is 4. The van der Waals surface area contributed by atoms with Crippen LogP contribution in [0.1, 0.15) is 181 Å². The molecular weight excluding hydrogens is 670 g/mol. The molecule has 0 spiro atoms. The molecule has 2 unspecified atom stereocenters. The number of unbranched alkanes of at least 4 members (excludes halogenated alkanes) is 20. The standard InChI is InChI=1S/C44H81NO8/c1-6-8-10-12-14-16-18-19-20-21-22-23-24-25-27-29-31-33-35-42(47)53-40(39-52-44(43(48)49)50-37-36-45(3,4)5)38-51-41(46)34-32-30-28-26-17-15-13-11-9-7-2/h16,18,20-21,40,44H,6-15,17,19,22-39H2,1-5H3/b18-16-,21-20-. The van der Waals surface area contributed by atoms with Crippen LogP contribution in [0, 0.1) is 0 Å². The Labute approximate surface area is 325 Å². The highest BCUT2D eigenvalue weighted by Crippen LogP contribution is 2.14. The van der Waals surface area contributed by atoms with Crippen LogP contribution in [0.15, 0.2) is 24.3 Å². The maximum atomic E-state index is 12.7. The number of hydrogen-bond donors (Lipinski definition) is 0. The molecule has 2 atom stereocenters. The van der Waals surface area contributed by atoms with Crippen LogP contribution in [0.4, 0.5) is 0 Å². The Morgan fingerprint density at radius 2 is 1.02 bits per heavy atom. The van der Waals surface area contributed by atoms with E-state index in [0.717, 1.165) is 51.4 Å². The van der Waals surface area contributed by atoms with E-state index in [4.69, 9.17) is 18.9 Å². The molecule has 0 bridgehead atoms. The van der Waals surface area contributed by atoms with E-state index < -0.39 is 24.3 Å². The molecule has 310 valence electrons. The van der Waals surface area contributed by atoms with Crippen LogP contribution >= 0.6 is 0 Å². The molecule has 0 saturated carbocycles. The molecule has 0 fully saturated rings. The molecule has 0 rings (SSSR count). The normalized spacial score (nSPS) is 13.2. The van der Waals surface area contributed by atoms with Gasteiger partial charge in [-0.3, -0.25) is 9.59 Å². The van der Waals surface area contributed by atoms with Crippen molar-refractivity contribution >= 4 is 17.9 Å². The molecule has 0 aliphatic rings. The van der Waals surface area contributed by atoms with Crippen molar-refractivity contribution in [2.75, 3.05) is 47.5 Å². The minimum absolute atomic E-state index is 0.147. The van der Waals surface area contributed by atoms with E-state index in [1.54, 1.807) is 0 Å². The van der Waals surface area contributed by atoms with Gasteiger partial charge < -0.3 is 33.3 Å². The summed E-state index contributed by atoms with van der Waals surface area (Å²) in [5.41, 5.74) is 0. The van der Waals surface area contributed by atoms with E-state index in [0.29, 0.717) is 23.9 Å². The fourth-order valence-corrected chi connectivity index (χ4v) is 5.80. The van der Waals surface area contributed by atoms with E-state index in [1.807, 2.05) is 21.1 Å². The summed E-state index contributed by atoms with van der Waals surface area (Å²) >= 11 is 0. The van der Waals surface area contributed by atoms with Crippen LogP contribution in [0.25, 0.3) is 0 Å². The van der Waals surface area contributed by atoms with Crippen LogP contribution in [-0.4, -0.2) is 82.3 Å². The van der Waals surface area contributed by atoms with Crippen LogP contribution in [-0.2, 0) is 33.3 Å². The quantitative estimate of drug-likeness (QED) is 0.0201. The van der Waals surface area contributed by atoms with Crippen LogP contribution in [0.2, 0.25) is 0 Å². The molecule has 9 nitrogen and oxygen atoms in total. The lowest BCUT2D eigenvalue weighted by Crippen LogP contribution is -2.44. The zero-order chi connectivity index (χ0) is 39.3. The second kappa shape index (κ2) is 36.7. The zero-order valence-electron chi connectivity index (χ0n) is 34.9. The molecule has 0 aromatic rings. The van der Waals surface area contributed by atoms with Crippen LogP contribution in [0.3, 0.4) is 0 Å². The van der Waals surface area contributed by atoms with E-state index >= 15 is 0 Å². The number of rotatable bonds is 39. The van der Waals surface area contributed by atoms with Gasteiger partial charge in [0.25, 0.3) is 0 Å². The predicted molar refractivity (Wildman–Crippen MR) is 214 cm³/mol. The number of aliphatic carboxylic acids is 1. The number of carbonyl (C=O) groups excluding carboxylic acids is 3. The van der Waals surface area contributed by atoms with Gasteiger partial charge in [0.05, 0.1) is 40.3 Å². The third-order valence-corrected chi connectivity index (χ3v) is 9.20. The average Bonchev–Trinajstić information content (AvgIpc) is 3.11. The molecule has 0 aliphatic carbocycles. The summed E-state index contributed by atoms with van der Waals surface area (Å²) in [7, 11) is 5.90. The van der Waals surface area contributed by atoms with Crippen LogP contribution in [0.5, 0.6) is 0 Å². The van der Waals surface area contributed by atoms with Gasteiger partial charge in [-0.15, -0.1) is 0 Å². The number of carboxylic acids is 1. The summed E-state index contributed by atoms with van der Waals surface area (Å²) in [6.45, 7) is 4.70. The fourth-order valence-electron chi connectivity index (χ4n) is 5.80. The third kappa shape index (κ3) is 37.9. The van der Waals surface area contributed by atoms with Crippen molar-refractivity contribution in [3.63, 3.8) is 0 Å². The Morgan fingerprint density at radius 1 is 0.566 bits per heavy atom. The number of likely N-dealkylation sites (N-methyl/N-ethyl adjacent to an activating group) is 1. The maximum absolute atomic E-state index is 12.7. The molecule has 53 heavy (non-hydrogen) atoms. The highest BCUT2D eigenvalue weighted by Gasteiger charge is 2.21. The van der Waals surface area contributed by atoms with Crippen molar-refractivity contribution in [3.8, 4) is 0 Å². The Hall–Kier alpha value is -2.23. The molecule has 0 aromatic carbocycles. The number of carboxylic acid groups (broad SMARTS) is 1. The summed E-state index contributed by atoms with van der Waals surface area (Å²) in [5.74, 6) is -2.29. The van der Waals surface area contributed by atoms with Crippen molar-refractivity contribution < 1.29 is 42.9 Å². The molecule has 0 N–H and O–H groups in total. The predicted octanol–water partition coefficient (Wildman–Crippen LogP) is 9.55. The Morgan fingerprint density at radius 3 is 1.51 bits per heavy atom. The van der Waals surface area contributed by atoms with Crippen molar-refractivity contribution in [2.45, 2.75) is 193 Å². The third-order valence-electron chi connectivity index (χ3n) is 9.20. The van der Waals surface area contributed by atoms with E-state index in [2.05, 4.69) is 38.2 Å². The number of nitrogens with zero attached hydrogens (tertiary/aromatic N) is 1. The monoisotopic (exact) mass is 752 g/mol. The number of esters is 2. The summed E-state index contributed by atoms with van der Waals surface area (Å²) < 4.78 is 22.5. The molecule has 9 heteroatoms. The van der Waals surface area contributed by atoms with Gasteiger partial charge in [0, 0.05) is 12.8 Å². The van der Waals surface area contributed by atoms with E-state index in [-0.39, 0.29) is 32.2 Å². The first-order valence-electron chi connectivity index (χ1n) is 21.5. The molecule has 0 heterocycles. The van der Waals surface area contributed by atoms with Crippen LogP contribution < -0.4 is 5.11 Å². The highest BCUT2D eigenvalue weighted by atomic mass is 16.7. The maximum Gasteiger partial charge on any atom is 0.306 e. The van der Waals surface area contributed by atoms with Crippen molar-refractivity contribution in [1.82, 2.24) is 0 Å². The first kappa shape index (κ1) is 50.8. The van der Waals surface area contributed by atoms with Gasteiger partial charge in [0.1, 0.15) is 13.2 Å². The summed E-state index contributed by atoms with van der Waals surface area (Å²) in [4.78, 5) is 36.8. The summed E-state index contributed by atoms with van der Waals surface area (Å²) in [6, 6.07) is 0. The van der Waals surface area contributed by atoms with Crippen molar-refractivity contribution in [2.24, 2.45) is 0 Å². The highest BCUT2D eigenvalue weighted by molar-refractivity contribution is 5.70. The SMILES string of the molecule is CCCCCC/C=C\C/C=C\CCCCCCCCCC(=O)OC(COC(=O)CCCCCCCCCCCC)COC(OCC[N+](C)(C)C)C(=O)[O-]. The van der Waals surface area contributed by atoms with Crippen molar-refractivity contribution in [1.29, 1.82) is 0 Å². The first-order valence-corrected chi connectivity index (χ1v) is 21.5. The number of ether oxygens (including phenoxy) is 4. The second-order valence-electron chi connectivity index (χ2n) is 15.6. The van der Waals surface area contributed by atoms with Gasteiger partial charge in [0.15, 0.2) is 12.4 Å². The van der Waals surface area contributed by atoms with E-state index in [9.17, 15) is 19.5 Å². The van der Waals surface area contributed by atoms with Gasteiger partial charge in [-0.05, 0) is 44.9 Å². The average molecular weight is 752 g/mol. The largest absolute Gasteiger partial charge is 0.545 e. The smallest absolute Gasteiger partial charge is 0.306 e. The summed E-state index contributed by atoms with van der Waals surface area (Å²) in [5, 5.41) is 11.7. The minimum Gasteiger partial charge on any atom is -0.545 e. The fraction of sp³-hybridized carbons (Fsp3) is 0.841. The minimum atomic E-state index is -1.62. The number of quaternary nitrogens is 1. The molecular formula is C44H81NO8. The lowest BCUT2D eigenvalue weighted by atomic mass is 10.1.